The van der Waals surface area contributed by atoms with Gasteiger partial charge in [-0.25, -0.2) is 9.78 Å². The number of aromatic nitrogens is 1. The van der Waals surface area contributed by atoms with Gasteiger partial charge in [0, 0.05) is 12.1 Å². The van der Waals surface area contributed by atoms with Crippen LogP contribution in [0.3, 0.4) is 0 Å². The van der Waals surface area contributed by atoms with Crippen LogP contribution in [0.5, 0.6) is 5.75 Å². The molecule has 2 aromatic rings. The lowest BCUT2D eigenvalue weighted by Gasteiger charge is -2.09. The van der Waals surface area contributed by atoms with Crippen LogP contribution in [-0.2, 0) is 18.0 Å². The van der Waals surface area contributed by atoms with E-state index < -0.39 is 5.97 Å². The van der Waals surface area contributed by atoms with E-state index in [0.29, 0.717) is 24.6 Å². The van der Waals surface area contributed by atoms with Crippen molar-refractivity contribution in [2.24, 2.45) is 0 Å². The molecule has 6 heteroatoms. The van der Waals surface area contributed by atoms with E-state index in [1.54, 1.807) is 6.07 Å². The Morgan fingerprint density at radius 2 is 2.05 bits per heavy atom. The van der Waals surface area contributed by atoms with Crippen molar-refractivity contribution in [2.75, 3.05) is 7.11 Å². The summed E-state index contributed by atoms with van der Waals surface area (Å²) in [4.78, 5) is 19.8. The lowest BCUT2D eigenvalue weighted by molar-refractivity contribution is 0.0687. The van der Waals surface area contributed by atoms with Crippen molar-refractivity contribution >= 4 is 5.97 Å². The van der Waals surface area contributed by atoms with Gasteiger partial charge in [0.15, 0.2) is 5.69 Å². The predicted octanol–water partition coefficient (Wildman–Crippen LogP) is 2.01. The minimum atomic E-state index is -1.10. The molecule has 1 aromatic heterocycles. The van der Waals surface area contributed by atoms with Crippen LogP contribution in [0.25, 0.3) is 0 Å². The van der Waals surface area contributed by atoms with Gasteiger partial charge in [-0.3, -0.25) is 0 Å². The SMILES string of the molecule is CONCc1cc(OCc2ccccc2)cc(C(=O)O)n1. The zero-order valence-electron chi connectivity index (χ0n) is 11.6. The van der Waals surface area contributed by atoms with E-state index in [2.05, 4.69) is 10.5 Å². The number of carboxylic acid groups (broad SMARTS) is 1. The normalized spacial score (nSPS) is 10.3. The Morgan fingerprint density at radius 3 is 2.71 bits per heavy atom. The van der Waals surface area contributed by atoms with Gasteiger partial charge in [-0.15, -0.1) is 0 Å². The van der Waals surface area contributed by atoms with Gasteiger partial charge in [0.1, 0.15) is 12.4 Å². The maximum Gasteiger partial charge on any atom is 0.354 e. The Kier molecular flexibility index (Phi) is 5.25. The van der Waals surface area contributed by atoms with E-state index in [-0.39, 0.29) is 5.69 Å². The summed E-state index contributed by atoms with van der Waals surface area (Å²) >= 11 is 0. The molecule has 0 bridgehead atoms. The summed E-state index contributed by atoms with van der Waals surface area (Å²) in [5, 5.41) is 9.07. The number of nitrogens with zero attached hydrogens (tertiary/aromatic N) is 1. The Hall–Kier alpha value is -2.44. The third kappa shape index (κ3) is 4.55. The summed E-state index contributed by atoms with van der Waals surface area (Å²) in [6.07, 6.45) is 0. The van der Waals surface area contributed by atoms with Crippen molar-refractivity contribution in [3.05, 3.63) is 59.4 Å². The fourth-order valence-electron chi connectivity index (χ4n) is 1.73. The van der Waals surface area contributed by atoms with Gasteiger partial charge in [0.05, 0.1) is 19.3 Å². The van der Waals surface area contributed by atoms with Gasteiger partial charge < -0.3 is 14.7 Å². The van der Waals surface area contributed by atoms with Gasteiger partial charge in [-0.1, -0.05) is 30.3 Å². The number of pyridine rings is 1. The van der Waals surface area contributed by atoms with Crippen molar-refractivity contribution in [3.63, 3.8) is 0 Å². The first-order chi connectivity index (χ1) is 10.2. The average Bonchev–Trinajstić information content (AvgIpc) is 2.51. The monoisotopic (exact) mass is 288 g/mol. The number of aromatic carboxylic acids is 1. The second kappa shape index (κ2) is 7.37. The lowest BCUT2D eigenvalue weighted by atomic mass is 10.2. The standard InChI is InChI=1S/C15H16N2O4/c1-20-16-9-12-7-13(8-14(17-12)15(18)19)21-10-11-5-3-2-4-6-11/h2-8,16H,9-10H2,1H3,(H,18,19). The first-order valence-electron chi connectivity index (χ1n) is 6.36. The Bertz CT molecular complexity index is 602. The predicted molar refractivity (Wildman–Crippen MR) is 75.8 cm³/mol. The number of benzene rings is 1. The van der Waals surface area contributed by atoms with Crippen molar-refractivity contribution < 1.29 is 19.5 Å². The van der Waals surface area contributed by atoms with Gasteiger partial charge in [-0.2, -0.15) is 5.48 Å². The smallest absolute Gasteiger partial charge is 0.354 e. The van der Waals surface area contributed by atoms with Crippen LogP contribution in [0.1, 0.15) is 21.7 Å². The molecule has 0 fully saturated rings. The van der Waals surface area contributed by atoms with Crippen LogP contribution in [-0.4, -0.2) is 23.2 Å². The number of hydroxylamine groups is 1. The third-order valence-electron chi connectivity index (χ3n) is 2.72. The fraction of sp³-hybridized carbons (Fsp3) is 0.200. The maximum atomic E-state index is 11.1. The highest BCUT2D eigenvalue weighted by atomic mass is 16.6. The minimum Gasteiger partial charge on any atom is -0.489 e. The molecule has 110 valence electrons. The number of hydrogen-bond acceptors (Lipinski definition) is 5. The zero-order valence-corrected chi connectivity index (χ0v) is 11.6. The van der Waals surface area contributed by atoms with E-state index in [9.17, 15) is 4.79 Å². The Balaban J connectivity index is 2.13. The molecule has 0 atom stereocenters. The van der Waals surface area contributed by atoms with Crippen LogP contribution in [0.2, 0.25) is 0 Å². The van der Waals surface area contributed by atoms with Gasteiger partial charge >= 0.3 is 5.97 Å². The van der Waals surface area contributed by atoms with Crippen molar-refractivity contribution in [2.45, 2.75) is 13.2 Å². The first-order valence-corrected chi connectivity index (χ1v) is 6.36. The highest BCUT2D eigenvalue weighted by Crippen LogP contribution is 2.16. The minimum absolute atomic E-state index is 0.0616. The summed E-state index contributed by atoms with van der Waals surface area (Å²) in [6.45, 7) is 0.653. The molecule has 21 heavy (non-hydrogen) atoms. The van der Waals surface area contributed by atoms with Crippen molar-refractivity contribution in [1.82, 2.24) is 10.5 Å². The number of ether oxygens (including phenoxy) is 1. The first kappa shape index (κ1) is 15.0. The quantitative estimate of drug-likeness (QED) is 0.759. The molecular formula is C15H16N2O4. The second-order valence-electron chi connectivity index (χ2n) is 4.28. The van der Waals surface area contributed by atoms with Crippen LogP contribution in [0.4, 0.5) is 0 Å². The summed E-state index contributed by atoms with van der Waals surface area (Å²) in [5.74, 6) is -0.641. The van der Waals surface area contributed by atoms with E-state index in [1.807, 2.05) is 30.3 Å². The van der Waals surface area contributed by atoms with E-state index >= 15 is 0 Å². The molecule has 0 unspecified atom stereocenters. The highest BCUT2D eigenvalue weighted by molar-refractivity contribution is 5.85. The molecule has 0 aliphatic carbocycles. The average molecular weight is 288 g/mol. The van der Waals surface area contributed by atoms with Crippen LogP contribution < -0.4 is 10.2 Å². The number of nitrogens with one attached hydrogen (secondary N) is 1. The van der Waals surface area contributed by atoms with Gasteiger partial charge in [0.2, 0.25) is 0 Å². The van der Waals surface area contributed by atoms with Crippen LogP contribution >= 0.6 is 0 Å². The third-order valence-corrected chi connectivity index (χ3v) is 2.72. The second-order valence-corrected chi connectivity index (χ2v) is 4.28. The number of carboxylic acids is 1. The summed E-state index contributed by atoms with van der Waals surface area (Å²) < 4.78 is 5.63. The fourth-order valence-corrected chi connectivity index (χ4v) is 1.73. The molecule has 0 spiro atoms. The maximum absolute atomic E-state index is 11.1. The van der Waals surface area contributed by atoms with Gasteiger partial charge in [-0.05, 0) is 5.56 Å². The lowest BCUT2D eigenvalue weighted by Crippen LogP contribution is -2.14. The van der Waals surface area contributed by atoms with Gasteiger partial charge in [0.25, 0.3) is 0 Å². The van der Waals surface area contributed by atoms with E-state index in [1.165, 1.54) is 13.2 Å². The Morgan fingerprint density at radius 1 is 1.29 bits per heavy atom. The molecular weight excluding hydrogens is 272 g/mol. The number of carbonyl (C=O) groups is 1. The molecule has 2 rings (SSSR count). The highest BCUT2D eigenvalue weighted by Gasteiger charge is 2.10. The molecule has 0 aliphatic heterocycles. The summed E-state index contributed by atoms with van der Waals surface area (Å²) in [6, 6.07) is 12.7. The number of rotatable bonds is 7. The number of hydrogen-bond donors (Lipinski definition) is 2. The molecule has 0 saturated carbocycles. The molecule has 0 radical (unpaired) electrons. The van der Waals surface area contributed by atoms with Crippen LogP contribution in [0, 0.1) is 0 Å². The molecule has 1 heterocycles. The van der Waals surface area contributed by atoms with E-state index in [4.69, 9.17) is 14.7 Å². The van der Waals surface area contributed by atoms with Crippen LogP contribution in [0.15, 0.2) is 42.5 Å². The molecule has 6 nitrogen and oxygen atoms in total. The Labute approximate surface area is 122 Å². The largest absolute Gasteiger partial charge is 0.489 e. The molecule has 1 aromatic carbocycles. The summed E-state index contributed by atoms with van der Waals surface area (Å²) in [7, 11) is 1.48. The molecule has 2 N–H and O–H groups in total. The molecule has 0 aliphatic rings. The summed E-state index contributed by atoms with van der Waals surface area (Å²) in [5.41, 5.74) is 4.09. The molecule has 0 saturated heterocycles. The zero-order chi connectivity index (χ0) is 15.1. The van der Waals surface area contributed by atoms with E-state index in [0.717, 1.165) is 5.56 Å². The van der Waals surface area contributed by atoms with Crippen molar-refractivity contribution in [3.8, 4) is 5.75 Å². The topological polar surface area (TPSA) is 80.7 Å². The van der Waals surface area contributed by atoms with Crippen molar-refractivity contribution in [1.29, 1.82) is 0 Å². The molecule has 0 amide bonds.